The Hall–Kier alpha value is -1.35. The highest BCUT2D eigenvalue weighted by Crippen LogP contribution is 2.21. The highest BCUT2D eigenvalue weighted by molar-refractivity contribution is 5.78. The van der Waals surface area contributed by atoms with Crippen molar-refractivity contribution in [2.24, 2.45) is 0 Å². The summed E-state index contributed by atoms with van der Waals surface area (Å²) in [6, 6.07) is 8.95. The van der Waals surface area contributed by atoms with Crippen molar-refractivity contribution in [2.45, 2.75) is 39.2 Å². The van der Waals surface area contributed by atoms with Crippen molar-refractivity contribution >= 4 is 5.91 Å². The molecule has 0 spiro atoms. The van der Waals surface area contributed by atoms with Crippen molar-refractivity contribution in [3.63, 3.8) is 0 Å². The average molecular weight is 261 g/mol. The molecule has 2 rings (SSSR count). The highest BCUT2D eigenvalue weighted by Gasteiger charge is 2.28. The van der Waals surface area contributed by atoms with E-state index in [0.717, 1.165) is 25.8 Å². The van der Waals surface area contributed by atoms with Gasteiger partial charge in [0.25, 0.3) is 0 Å². The molecular formula is C16H23NO2. The highest BCUT2D eigenvalue weighted by atomic mass is 16.5. The molecule has 1 aliphatic rings. The topological polar surface area (TPSA) is 29.5 Å². The molecule has 3 heteroatoms. The number of nitrogens with zero attached hydrogens (tertiary/aromatic N) is 1. The molecule has 3 nitrogen and oxygen atoms in total. The Balaban J connectivity index is 1.95. The molecule has 104 valence electrons. The van der Waals surface area contributed by atoms with Gasteiger partial charge in [-0.25, -0.2) is 0 Å². The van der Waals surface area contributed by atoms with Gasteiger partial charge in [-0.1, -0.05) is 29.8 Å². The maximum absolute atomic E-state index is 12.1. The van der Waals surface area contributed by atoms with Crippen LogP contribution in [0.5, 0.6) is 0 Å². The Labute approximate surface area is 115 Å². The fourth-order valence-electron chi connectivity index (χ4n) is 2.64. The Bertz CT molecular complexity index is 413. The first-order valence-corrected chi connectivity index (χ1v) is 7.13. The summed E-state index contributed by atoms with van der Waals surface area (Å²) in [5.74, 6) is 0.136. The number of aryl methyl sites for hydroxylation is 1. The van der Waals surface area contributed by atoms with Crippen LogP contribution in [0.2, 0.25) is 0 Å². The van der Waals surface area contributed by atoms with E-state index in [4.69, 9.17) is 4.74 Å². The van der Waals surface area contributed by atoms with Crippen LogP contribution in [0.15, 0.2) is 24.3 Å². The Morgan fingerprint density at radius 3 is 2.79 bits per heavy atom. The number of ether oxygens (including phenoxy) is 1. The van der Waals surface area contributed by atoms with Gasteiger partial charge < -0.3 is 9.64 Å². The van der Waals surface area contributed by atoms with E-state index in [1.807, 2.05) is 11.8 Å². The van der Waals surface area contributed by atoms with Crippen LogP contribution in [0.3, 0.4) is 0 Å². The first-order valence-electron chi connectivity index (χ1n) is 7.13. The monoisotopic (exact) mass is 261 g/mol. The summed E-state index contributed by atoms with van der Waals surface area (Å²) in [6.07, 6.45) is 3.16. The Kier molecular flexibility index (Phi) is 4.97. The zero-order chi connectivity index (χ0) is 13.7. The second-order valence-electron chi connectivity index (χ2n) is 5.21. The smallest absolute Gasteiger partial charge is 0.248 e. The van der Waals surface area contributed by atoms with Crippen LogP contribution in [0.1, 0.15) is 30.9 Å². The van der Waals surface area contributed by atoms with E-state index in [2.05, 4.69) is 31.2 Å². The van der Waals surface area contributed by atoms with Crippen LogP contribution in [-0.4, -0.2) is 36.6 Å². The fraction of sp³-hybridized carbons (Fsp3) is 0.562. The summed E-state index contributed by atoms with van der Waals surface area (Å²) in [5, 5.41) is 0. The Morgan fingerprint density at radius 2 is 2.11 bits per heavy atom. The molecule has 0 N–H and O–H groups in total. The number of carbonyl (C=O) groups is 1. The predicted octanol–water partition coefficient (Wildman–Crippen LogP) is 2.57. The van der Waals surface area contributed by atoms with Gasteiger partial charge in [0.05, 0.1) is 0 Å². The molecule has 19 heavy (non-hydrogen) atoms. The van der Waals surface area contributed by atoms with Gasteiger partial charge in [-0.3, -0.25) is 4.79 Å². The summed E-state index contributed by atoms with van der Waals surface area (Å²) in [5.41, 5.74) is 2.59. The lowest BCUT2D eigenvalue weighted by Crippen LogP contribution is -2.39. The predicted molar refractivity (Wildman–Crippen MR) is 76.1 cm³/mol. The fourth-order valence-corrected chi connectivity index (χ4v) is 2.64. The summed E-state index contributed by atoms with van der Waals surface area (Å²) in [7, 11) is 0. The number of amides is 1. The van der Waals surface area contributed by atoms with Crippen LogP contribution >= 0.6 is 0 Å². The third-order valence-corrected chi connectivity index (χ3v) is 3.72. The minimum atomic E-state index is 0.136. The van der Waals surface area contributed by atoms with Gasteiger partial charge in [0.15, 0.2) is 0 Å². The lowest BCUT2D eigenvalue weighted by atomic mass is 10.0. The number of hydrogen-bond donors (Lipinski definition) is 0. The van der Waals surface area contributed by atoms with Crippen molar-refractivity contribution in [1.29, 1.82) is 0 Å². The molecule has 1 fully saturated rings. The van der Waals surface area contributed by atoms with Gasteiger partial charge in [-0.15, -0.1) is 0 Å². The van der Waals surface area contributed by atoms with E-state index in [1.54, 1.807) is 0 Å². The molecule has 0 saturated carbocycles. The molecule has 1 heterocycles. The molecule has 1 aliphatic heterocycles. The molecule has 1 atom stereocenters. The molecule has 1 unspecified atom stereocenters. The average Bonchev–Trinajstić information content (AvgIpc) is 2.87. The molecule has 0 aromatic heterocycles. The van der Waals surface area contributed by atoms with E-state index < -0.39 is 0 Å². The van der Waals surface area contributed by atoms with Crippen LogP contribution in [-0.2, 0) is 16.0 Å². The van der Waals surface area contributed by atoms with Gasteiger partial charge in [0.1, 0.15) is 6.61 Å². The number of rotatable bonds is 5. The summed E-state index contributed by atoms with van der Waals surface area (Å²) in [6.45, 7) is 5.71. The molecule has 1 aromatic carbocycles. The van der Waals surface area contributed by atoms with Crippen molar-refractivity contribution in [1.82, 2.24) is 4.90 Å². The second kappa shape index (κ2) is 6.71. The zero-order valence-corrected chi connectivity index (χ0v) is 11.9. The van der Waals surface area contributed by atoms with Gasteiger partial charge in [0, 0.05) is 19.2 Å². The van der Waals surface area contributed by atoms with Crippen LogP contribution in [0.4, 0.5) is 0 Å². The second-order valence-corrected chi connectivity index (χ2v) is 5.21. The minimum Gasteiger partial charge on any atom is -0.372 e. The van der Waals surface area contributed by atoms with Crippen molar-refractivity contribution in [3.8, 4) is 0 Å². The Morgan fingerprint density at radius 1 is 1.37 bits per heavy atom. The van der Waals surface area contributed by atoms with Gasteiger partial charge in [-0.05, 0) is 38.7 Å². The zero-order valence-electron chi connectivity index (χ0n) is 11.9. The first kappa shape index (κ1) is 14.1. The van der Waals surface area contributed by atoms with Crippen molar-refractivity contribution in [3.05, 3.63) is 35.4 Å². The maximum atomic E-state index is 12.1. The summed E-state index contributed by atoms with van der Waals surface area (Å²) < 4.78 is 5.23. The third-order valence-electron chi connectivity index (χ3n) is 3.72. The van der Waals surface area contributed by atoms with Gasteiger partial charge in [-0.2, -0.15) is 0 Å². The van der Waals surface area contributed by atoms with Crippen LogP contribution < -0.4 is 0 Å². The summed E-state index contributed by atoms with van der Waals surface area (Å²) in [4.78, 5) is 14.1. The van der Waals surface area contributed by atoms with Crippen molar-refractivity contribution < 1.29 is 9.53 Å². The third kappa shape index (κ3) is 3.80. The minimum absolute atomic E-state index is 0.136. The SMILES string of the molecule is CCOCC(=O)N1CCCC1Cc1ccc(C)cc1. The van der Waals surface area contributed by atoms with Crippen LogP contribution in [0, 0.1) is 6.92 Å². The summed E-state index contributed by atoms with van der Waals surface area (Å²) >= 11 is 0. The normalized spacial score (nSPS) is 18.8. The molecule has 0 bridgehead atoms. The molecule has 1 amide bonds. The molecule has 1 aromatic rings. The quantitative estimate of drug-likeness (QED) is 0.815. The van der Waals surface area contributed by atoms with Crippen molar-refractivity contribution in [2.75, 3.05) is 19.8 Å². The molecule has 0 radical (unpaired) electrons. The van der Waals surface area contributed by atoms with Crippen LogP contribution in [0.25, 0.3) is 0 Å². The first-order chi connectivity index (χ1) is 9.20. The number of hydrogen-bond acceptors (Lipinski definition) is 2. The lowest BCUT2D eigenvalue weighted by Gasteiger charge is -2.24. The largest absolute Gasteiger partial charge is 0.372 e. The number of benzene rings is 1. The van der Waals surface area contributed by atoms with Gasteiger partial charge >= 0.3 is 0 Å². The van der Waals surface area contributed by atoms with E-state index in [1.165, 1.54) is 11.1 Å². The standard InChI is InChI=1S/C16H23NO2/c1-3-19-12-16(18)17-10-4-5-15(17)11-14-8-6-13(2)7-9-14/h6-9,15H,3-5,10-12H2,1-2H3. The van der Waals surface area contributed by atoms with E-state index in [0.29, 0.717) is 12.6 Å². The molecular weight excluding hydrogens is 238 g/mol. The van der Waals surface area contributed by atoms with Gasteiger partial charge in [0.2, 0.25) is 5.91 Å². The lowest BCUT2D eigenvalue weighted by molar-refractivity contribution is -0.136. The van der Waals surface area contributed by atoms with E-state index in [9.17, 15) is 4.79 Å². The number of likely N-dealkylation sites (tertiary alicyclic amines) is 1. The maximum Gasteiger partial charge on any atom is 0.248 e. The van der Waals surface area contributed by atoms with E-state index >= 15 is 0 Å². The molecule has 1 saturated heterocycles. The number of carbonyl (C=O) groups excluding carboxylic acids is 1. The van der Waals surface area contributed by atoms with E-state index in [-0.39, 0.29) is 12.5 Å². The molecule has 0 aliphatic carbocycles.